The van der Waals surface area contributed by atoms with Crippen LogP contribution in [0.15, 0.2) is 46.9 Å². The van der Waals surface area contributed by atoms with Crippen molar-refractivity contribution in [2.45, 2.75) is 33.1 Å². The van der Waals surface area contributed by atoms with Crippen LogP contribution in [-0.4, -0.2) is 5.91 Å². The highest BCUT2D eigenvalue weighted by molar-refractivity contribution is 6.06. The van der Waals surface area contributed by atoms with E-state index < -0.39 is 5.82 Å². The fourth-order valence-corrected chi connectivity index (χ4v) is 2.86. The third-order valence-corrected chi connectivity index (χ3v) is 4.47. The van der Waals surface area contributed by atoms with E-state index in [0.717, 1.165) is 17.7 Å². The van der Waals surface area contributed by atoms with Gasteiger partial charge in [-0.3, -0.25) is 4.79 Å². The van der Waals surface area contributed by atoms with E-state index in [0.29, 0.717) is 16.9 Å². The number of carbonyl (C=O) groups excluding carboxylic acids is 1. The zero-order valence-corrected chi connectivity index (χ0v) is 14.0. The van der Waals surface area contributed by atoms with Crippen LogP contribution in [-0.2, 0) is 0 Å². The second kappa shape index (κ2) is 6.48. The van der Waals surface area contributed by atoms with Crippen molar-refractivity contribution in [2.24, 2.45) is 0 Å². The Morgan fingerprint density at radius 2 is 1.96 bits per heavy atom. The molecular formula is C20H20FNO2. The lowest BCUT2D eigenvalue weighted by Crippen LogP contribution is -2.14. The van der Waals surface area contributed by atoms with Gasteiger partial charge in [-0.2, -0.15) is 0 Å². The number of hydrogen-bond donors (Lipinski definition) is 1. The minimum Gasteiger partial charge on any atom is -0.448 e. The highest BCUT2D eigenvalue weighted by atomic mass is 19.1. The Bertz CT molecular complexity index is 898. The van der Waals surface area contributed by atoms with Crippen molar-refractivity contribution >= 4 is 22.6 Å². The van der Waals surface area contributed by atoms with Gasteiger partial charge in [-0.05, 0) is 37.0 Å². The molecule has 1 heterocycles. The van der Waals surface area contributed by atoms with Gasteiger partial charge in [0.1, 0.15) is 0 Å². The maximum absolute atomic E-state index is 13.9. The fraction of sp³-hybridized carbons (Fsp3) is 0.250. The molecule has 0 radical (unpaired) electrons. The average molecular weight is 325 g/mol. The smallest absolute Gasteiger partial charge is 0.291 e. The summed E-state index contributed by atoms with van der Waals surface area (Å²) >= 11 is 0. The lowest BCUT2D eigenvalue weighted by Gasteiger charge is -2.15. The first-order valence-corrected chi connectivity index (χ1v) is 8.10. The molecule has 1 aromatic heterocycles. The van der Waals surface area contributed by atoms with Crippen LogP contribution in [0.1, 0.15) is 47.9 Å². The predicted molar refractivity (Wildman–Crippen MR) is 94.0 cm³/mol. The summed E-state index contributed by atoms with van der Waals surface area (Å²) in [5.41, 5.74) is 2.60. The van der Waals surface area contributed by atoms with E-state index in [1.807, 2.05) is 24.3 Å². The summed E-state index contributed by atoms with van der Waals surface area (Å²) in [5, 5.41) is 3.53. The molecule has 3 aromatic rings. The maximum atomic E-state index is 13.9. The Kier molecular flexibility index (Phi) is 4.38. The molecule has 0 aliphatic heterocycles. The first-order chi connectivity index (χ1) is 11.5. The molecular weight excluding hydrogens is 305 g/mol. The molecule has 4 heteroatoms. The molecule has 0 fully saturated rings. The number of para-hydroxylation sites is 2. The third kappa shape index (κ3) is 2.80. The van der Waals surface area contributed by atoms with E-state index in [2.05, 4.69) is 19.2 Å². The van der Waals surface area contributed by atoms with E-state index in [-0.39, 0.29) is 17.3 Å². The largest absolute Gasteiger partial charge is 0.448 e. The molecule has 3 rings (SSSR count). The Morgan fingerprint density at radius 3 is 2.67 bits per heavy atom. The molecule has 0 bridgehead atoms. The summed E-state index contributed by atoms with van der Waals surface area (Å²) in [5.74, 6) is -0.349. The van der Waals surface area contributed by atoms with Crippen LogP contribution in [0, 0.1) is 12.7 Å². The Labute approximate surface area is 140 Å². The zero-order chi connectivity index (χ0) is 17.3. The second-order valence-corrected chi connectivity index (χ2v) is 6.02. The van der Waals surface area contributed by atoms with Crippen molar-refractivity contribution in [3.63, 3.8) is 0 Å². The zero-order valence-electron chi connectivity index (χ0n) is 14.0. The van der Waals surface area contributed by atoms with Gasteiger partial charge < -0.3 is 9.73 Å². The van der Waals surface area contributed by atoms with Gasteiger partial charge in [0.05, 0.1) is 0 Å². The van der Waals surface area contributed by atoms with E-state index in [9.17, 15) is 9.18 Å². The molecule has 1 N–H and O–H groups in total. The third-order valence-electron chi connectivity index (χ3n) is 4.47. The van der Waals surface area contributed by atoms with Crippen molar-refractivity contribution < 1.29 is 13.6 Å². The number of halogens is 1. The quantitative estimate of drug-likeness (QED) is 0.674. The minimum atomic E-state index is -0.463. The fourth-order valence-electron chi connectivity index (χ4n) is 2.86. The normalized spacial score (nSPS) is 12.3. The lowest BCUT2D eigenvalue weighted by atomic mass is 9.97. The summed E-state index contributed by atoms with van der Waals surface area (Å²) in [6, 6.07) is 12.4. The number of nitrogens with one attached hydrogen (secondary N) is 1. The van der Waals surface area contributed by atoms with Gasteiger partial charge in [0.15, 0.2) is 17.2 Å². The van der Waals surface area contributed by atoms with Gasteiger partial charge in [-0.25, -0.2) is 4.39 Å². The van der Waals surface area contributed by atoms with Crippen molar-refractivity contribution in [1.82, 2.24) is 0 Å². The predicted octanol–water partition coefficient (Wildman–Crippen LogP) is 5.65. The number of carbonyl (C=O) groups is 1. The molecule has 2 aromatic carbocycles. The van der Waals surface area contributed by atoms with Crippen molar-refractivity contribution in [3.8, 4) is 0 Å². The highest BCUT2D eigenvalue weighted by Gasteiger charge is 2.20. The van der Waals surface area contributed by atoms with Crippen LogP contribution in [0.5, 0.6) is 0 Å². The number of amides is 1. The van der Waals surface area contributed by atoms with Gasteiger partial charge in [-0.15, -0.1) is 0 Å². The highest BCUT2D eigenvalue weighted by Crippen LogP contribution is 2.30. The molecule has 0 aliphatic rings. The van der Waals surface area contributed by atoms with Crippen LogP contribution >= 0.6 is 0 Å². The Balaban J connectivity index is 1.97. The number of rotatable bonds is 4. The number of furan rings is 1. The molecule has 0 saturated heterocycles. The van der Waals surface area contributed by atoms with Crippen LogP contribution in [0.2, 0.25) is 0 Å². The van der Waals surface area contributed by atoms with E-state index in [1.54, 1.807) is 19.1 Å². The van der Waals surface area contributed by atoms with Crippen molar-refractivity contribution in [3.05, 3.63) is 65.2 Å². The minimum absolute atomic E-state index is 0.121. The second-order valence-electron chi connectivity index (χ2n) is 6.02. The van der Waals surface area contributed by atoms with Crippen LogP contribution in [0.3, 0.4) is 0 Å². The molecule has 1 amide bonds. The summed E-state index contributed by atoms with van der Waals surface area (Å²) in [6.07, 6.45) is 0.974. The summed E-state index contributed by atoms with van der Waals surface area (Å²) < 4.78 is 19.4. The van der Waals surface area contributed by atoms with Crippen LogP contribution < -0.4 is 5.32 Å². The van der Waals surface area contributed by atoms with Gasteiger partial charge >= 0.3 is 0 Å². The summed E-state index contributed by atoms with van der Waals surface area (Å²) in [6.45, 7) is 5.99. The van der Waals surface area contributed by atoms with E-state index >= 15 is 0 Å². The van der Waals surface area contributed by atoms with Crippen molar-refractivity contribution in [2.75, 3.05) is 5.32 Å². The van der Waals surface area contributed by atoms with Gasteiger partial charge in [0, 0.05) is 16.6 Å². The van der Waals surface area contributed by atoms with E-state index in [4.69, 9.17) is 4.42 Å². The number of hydrogen-bond acceptors (Lipinski definition) is 2. The molecule has 0 aliphatic carbocycles. The Hall–Kier alpha value is -2.62. The molecule has 0 spiro atoms. The van der Waals surface area contributed by atoms with E-state index in [1.165, 1.54) is 6.07 Å². The number of fused-ring (bicyclic) bond motifs is 1. The molecule has 1 atom stereocenters. The first-order valence-electron chi connectivity index (χ1n) is 8.10. The van der Waals surface area contributed by atoms with Gasteiger partial charge in [0.25, 0.3) is 5.91 Å². The first kappa shape index (κ1) is 16.2. The maximum Gasteiger partial charge on any atom is 0.291 e. The number of benzene rings is 2. The SMILES string of the molecule is CC[C@@H](C)c1ccccc1NC(=O)c1oc2c(F)cccc2c1C. The molecule has 124 valence electrons. The molecule has 0 unspecified atom stereocenters. The summed E-state index contributed by atoms with van der Waals surface area (Å²) in [7, 11) is 0. The van der Waals surface area contributed by atoms with Gasteiger partial charge in [-0.1, -0.05) is 44.2 Å². The number of anilines is 1. The standard InChI is InChI=1S/C20H20FNO2/c1-4-12(2)14-8-5-6-11-17(14)22-20(23)18-13(3)15-9-7-10-16(21)19(15)24-18/h5-12H,4H2,1-3H3,(H,22,23)/t12-/m1/s1. The molecule has 3 nitrogen and oxygen atoms in total. The molecule has 24 heavy (non-hydrogen) atoms. The van der Waals surface area contributed by atoms with Crippen LogP contribution in [0.4, 0.5) is 10.1 Å². The van der Waals surface area contributed by atoms with Gasteiger partial charge in [0.2, 0.25) is 0 Å². The lowest BCUT2D eigenvalue weighted by molar-refractivity contribution is 0.0997. The topological polar surface area (TPSA) is 42.2 Å². The average Bonchev–Trinajstić information content (AvgIpc) is 2.93. The summed E-state index contributed by atoms with van der Waals surface area (Å²) in [4.78, 5) is 12.7. The number of aryl methyl sites for hydroxylation is 1. The van der Waals surface area contributed by atoms with Crippen molar-refractivity contribution in [1.29, 1.82) is 0 Å². The molecule has 0 saturated carbocycles. The van der Waals surface area contributed by atoms with Crippen LogP contribution in [0.25, 0.3) is 11.0 Å². The Morgan fingerprint density at radius 1 is 1.21 bits per heavy atom. The monoisotopic (exact) mass is 325 g/mol.